The van der Waals surface area contributed by atoms with E-state index in [-0.39, 0.29) is 5.91 Å². The van der Waals surface area contributed by atoms with Crippen molar-refractivity contribution in [3.63, 3.8) is 0 Å². The number of nitrogens with one attached hydrogen (secondary N) is 1. The summed E-state index contributed by atoms with van der Waals surface area (Å²) in [5.74, 6) is 0.929. The van der Waals surface area contributed by atoms with Crippen molar-refractivity contribution in [2.45, 2.75) is 46.1 Å². The first kappa shape index (κ1) is 23.3. The molecule has 0 saturated heterocycles. The van der Waals surface area contributed by atoms with E-state index >= 15 is 0 Å². The van der Waals surface area contributed by atoms with Crippen molar-refractivity contribution < 1.29 is 9.21 Å². The molecule has 0 aliphatic carbocycles. The first-order valence-electron chi connectivity index (χ1n) is 9.46. The van der Waals surface area contributed by atoms with Crippen LogP contribution in [0.3, 0.4) is 0 Å². The van der Waals surface area contributed by atoms with Gasteiger partial charge in [-0.15, -0.1) is 23.5 Å². The van der Waals surface area contributed by atoms with E-state index in [1.54, 1.807) is 11.8 Å². The largest absolute Gasteiger partial charge is 0.431 e. The van der Waals surface area contributed by atoms with Gasteiger partial charge in [0, 0.05) is 12.2 Å². The van der Waals surface area contributed by atoms with Crippen molar-refractivity contribution in [3.8, 4) is 0 Å². The Labute approximate surface area is 193 Å². The molecule has 3 rings (SSSR count). The Balaban J connectivity index is 1.42. The van der Waals surface area contributed by atoms with Crippen LogP contribution in [0.1, 0.15) is 25.7 Å². The number of anilines is 1. The summed E-state index contributed by atoms with van der Waals surface area (Å²) < 4.78 is 5.71. The van der Waals surface area contributed by atoms with Crippen LogP contribution in [0.2, 0.25) is 0 Å². The standard InChI is InChI=1S/C20H24N4O2S4/c1-27-17-16(18(28-2)24-19(23-17)29-3)22-15(25)11-5-4-8-12-30-20-21-13-9-6-7-10-14(13)26-20/h6-7,9-10H,4-5,8,11-12H2,1-3H3,(H,22,25). The average Bonchev–Trinajstić information content (AvgIpc) is 3.19. The molecule has 0 aliphatic heterocycles. The van der Waals surface area contributed by atoms with Gasteiger partial charge < -0.3 is 9.73 Å². The van der Waals surface area contributed by atoms with E-state index in [1.807, 2.05) is 43.0 Å². The van der Waals surface area contributed by atoms with Gasteiger partial charge in [0.2, 0.25) is 5.91 Å². The minimum Gasteiger partial charge on any atom is -0.431 e. The zero-order valence-electron chi connectivity index (χ0n) is 17.1. The fourth-order valence-electron chi connectivity index (χ4n) is 2.73. The highest BCUT2D eigenvalue weighted by molar-refractivity contribution is 8.00. The molecule has 0 spiro atoms. The van der Waals surface area contributed by atoms with Gasteiger partial charge in [-0.05, 0) is 43.7 Å². The second-order valence-corrected chi connectivity index (χ2v) is 9.67. The van der Waals surface area contributed by atoms with Crippen molar-refractivity contribution in [1.82, 2.24) is 15.0 Å². The second-order valence-electron chi connectivity index (χ2n) is 6.26. The molecule has 1 aromatic carbocycles. The Hall–Kier alpha value is -1.36. The van der Waals surface area contributed by atoms with Gasteiger partial charge in [-0.3, -0.25) is 4.79 Å². The number of hydrogen-bond acceptors (Lipinski definition) is 9. The smallest absolute Gasteiger partial charge is 0.256 e. The van der Waals surface area contributed by atoms with Crippen LogP contribution in [-0.2, 0) is 4.79 Å². The zero-order chi connectivity index (χ0) is 21.3. The van der Waals surface area contributed by atoms with Crippen LogP contribution >= 0.6 is 47.0 Å². The van der Waals surface area contributed by atoms with Gasteiger partial charge in [-0.1, -0.05) is 42.1 Å². The lowest BCUT2D eigenvalue weighted by molar-refractivity contribution is -0.116. The predicted octanol–water partition coefficient (Wildman–Crippen LogP) is 6.07. The van der Waals surface area contributed by atoms with Gasteiger partial charge in [0.15, 0.2) is 10.7 Å². The molecule has 2 heterocycles. The lowest BCUT2D eigenvalue weighted by Crippen LogP contribution is -2.14. The number of oxazole rings is 1. The number of aromatic nitrogens is 3. The molecule has 0 saturated carbocycles. The summed E-state index contributed by atoms with van der Waals surface area (Å²) in [6, 6.07) is 7.78. The van der Waals surface area contributed by atoms with Crippen LogP contribution in [0.4, 0.5) is 5.69 Å². The maximum absolute atomic E-state index is 12.4. The molecule has 0 unspecified atom stereocenters. The van der Waals surface area contributed by atoms with Crippen molar-refractivity contribution in [2.24, 2.45) is 0 Å². The third kappa shape index (κ3) is 6.32. The molecule has 0 fully saturated rings. The first-order chi connectivity index (χ1) is 14.6. The third-order valence-corrected chi connectivity index (χ3v) is 7.03. The van der Waals surface area contributed by atoms with E-state index in [1.165, 1.54) is 35.3 Å². The minimum atomic E-state index is 0.00713. The molecule has 6 nitrogen and oxygen atoms in total. The normalized spacial score (nSPS) is 11.2. The van der Waals surface area contributed by atoms with Gasteiger partial charge in [-0.2, -0.15) is 0 Å². The number of thioether (sulfide) groups is 4. The molecule has 0 radical (unpaired) electrons. The fourth-order valence-corrected chi connectivity index (χ4v) is 5.17. The van der Waals surface area contributed by atoms with E-state index in [2.05, 4.69) is 20.3 Å². The highest BCUT2D eigenvalue weighted by Crippen LogP contribution is 2.33. The van der Waals surface area contributed by atoms with Crippen LogP contribution in [-0.4, -0.2) is 45.4 Å². The Bertz CT molecular complexity index is 938. The Morgan fingerprint density at radius 2 is 1.70 bits per heavy atom. The number of benzene rings is 1. The fraction of sp³-hybridized carbons (Fsp3) is 0.400. The molecule has 2 aromatic heterocycles. The van der Waals surface area contributed by atoms with E-state index in [9.17, 15) is 4.79 Å². The summed E-state index contributed by atoms with van der Waals surface area (Å²) in [6.45, 7) is 0. The number of carbonyl (C=O) groups excluding carboxylic acids is 1. The quantitative estimate of drug-likeness (QED) is 0.152. The number of rotatable bonds is 11. The summed E-state index contributed by atoms with van der Waals surface area (Å²) in [5.41, 5.74) is 2.44. The summed E-state index contributed by atoms with van der Waals surface area (Å²) >= 11 is 6.16. The Kier molecular flexibility index (Phi) is 9.23. The number of carbonyl (C=O) groups is 1. The topological polar surface area (TPSA) is 80.9 Å². The van der Waals surface area contributed by atoms with E-state index in [0.717, 1.165) is 57.0 Å². The number of amides is 1. The van der Waals surface area contributed by atoms with Crippen molar-refractivity contribution in [1.29, 1.82) is 0 Å². The monoisotopic (exact) mass is 480 g/mol. The van der Waals surface area contributed by atoms with Crippen LogP contribution in [0, 0.1) is 0 Å². The highest BCUT2D eigenvalue weighted by atomic mass is 32.2. The predicted molar refractivity (Wildman–Crippen MR) is 129 cm³/mol. The van der Waals surface area contributed by atoms with Crippen LogP contribution in [0.15, 0.2) is 49.1 Å². The molecular formula is C20H24N4O2S4. The minimum absolute atomic E-state index is 0.00713. The number of nitrogens with zero attached hydrogens (tertiary/aromatic N) is 3. The number of para-hydroxylation sites is 2. The molecule has 0 atom stereocenters. The van der Waals surface area contributed by atoms with Gasteiger partial charge in [0.05, 0.1) is 0 Å². The zero-order valence-corrected chi connectivity index (χ0v) is 20.4. The van der Waals surface area contributed by atoms with Gasteiger partial charge in [-0.25, -0.2) is 15.0 Å². The maximum atomic E-state index is 12.4. The second kappa shape index (κ2) is 11.9. The van der Waals surface area contributed by atoms with Crippen molar-refractivity contribution in [3.05, 3.63) is 24.3 Å². The Morgan fingerprint density at radius 3 is 2.37 bits per heavy atom. The van der Waals surface area contributed by atoms with E-state index in [4.69, 9.17) is 4.42 Å². The molecule has 1 amide bonds. The SMILES string of the molecule is CSc1nc(SC)c(NC(=O)CCCCCSc2nc3ccccc3o2)c(SC)n1. The van der Waals surface area contributed by atoms with E-state index < -0.39 is 0 Å². The third-order valence-electron chi connectivity index (χ3n) is 4.20. The Morgan fingerprint density at radius 1 is 0.967 bits per heavy atom. The number of fused-ring (bicyclic) bond motifs is 1. The first-order valence-corrected chi connectivity index (χ1v) is 14.1. The number of hydrogen-bond donors (Lipinski definition) is 1. The molecule has 160 valence electrons. The number of unbranched alkanes of at least 4 members (excludes halogenated alkanes) is 2. The molecule has 10 heteroatoms. The van der Waals surface area contributed by atoms with E-state index in [0.29, 0.717) is 11.6 Å². The van der Waals surface area contributed by atoms with Gasteiger partial charge in [0.1, 0.15) is 21.3 Å². The molecule has 0 bridgehead atoms. The molecule has 3 aromatic rings. The lowest BCUT2D eigenvalue weighted by Gasteiger charge is -2.13. The molecule has 1 N–H and O–H groups in total. The summed E-state index contributed by atoms with van der Waals surface area (Å²) in [5, 5.41) is 6.06. The van der Waals surface area contributed by atoms with Crippen molar-refractivity contribution >= 4 is 69.7 Å². The summed E-state index contributed by atoms with van der Waals surface area (Å²) in [7, 11) is 0. The summed E-state index contributed by atoms with van der Waals surface area (Å²) in [6.07, 6.45) is 9.18. The highest BCUT2D eigenvalue weighted by Gasteiger charge is 2.16. The average molecular weight is 481 g/mol. The summed E-state index contributed by atoms with van der Waals surface area (Å²) in [4.78, 5) is 25.9. The maximum Gasteiger partial charge on any atom is 0.256 e. The van der Waals surface area contributed by atoms with Crippen LogP contribution in [0.5, 0.6) is 0 Å². The van der Waals surface area contributed by atoms with Crippen LogP contribution in [0.25, 0.3) is 11.1 Å². The molecule has 30 heavy (non-hydrogen) atoms. The van der Waals surface area contributed by atoms with Crippen molar-refractivity contribution in [2.75, 3.05) is 29.8 Å². The van der Waals surface area contributed by atoms with Gasteiger partial charge in [0.25, 0.3) is 5.22 Å². The van der Waals surface area contributed by atoms with Crippen LogP contribution < -0.4 is 5.32 Å². The van der Waals surface area contributed by atoms with Gasteiger partial charge >= 0.3 is 0 Å². The lowest BCUT2D eigenvalue weighted by atomic mass is 10.2. The molecular weight excluding hydrogens is 457 g/mol. The molecule has 0 aliphatic rings.